The molecule has 4 bridgehead atoms. The second-order valence-electron chi connectivity index (χ2n) is 6.52. The lowest BCUT2D eigenvalue weighted by atomic mass is 9.49. The molecule has 0 saturated heterocycles. The Morgan fingerprint density at radius 2 is 1.56 bits per heavy atom. The number of rotatable bonds is 4. The lowest BCUT2D eigenvalue weighted by Gasteiger charge is -2.56. The fourth-order valence-electron chi connectivity index (χ4n) is 5.37. The molecule has 0 amide bonds. The zero-order chi connectivity index (χ0) is 11.1. The number of hydrogen-bond donors (Lipinski definition) is 2. The average molecular weight is 223 g/mol. The summed E-state index contributed by atoms with van der Waals surface area (Å²) >= 11 is 0. The van der Waals surface area contributed by atoms with Crippen LogP contribution >= 0.6 is 0 Å². The van der Waals surface area contributed by atoms with E-state index >= 15 is 0 Å². The third kappa shape index (κ3) is 1.70. The van der Waals surface area contributed by atoms with Gasteiger partial charge in [-0.15, -0.1) is 0 Å². The van der Waals surface area contributed by atoms with Crippen molar-refractivity contribution in [2.75, 3.05) is 13.2 Å². The first-order chi connectivity index (χ1) is 7.81. The number of hydrogen-bond acceptors (Lipinski definition) is 2. The van der Waals surface area contributed by atoms with Crippen molar-refractivity contribution in [1.82, 2.24) is 0 Å². The summed E-state index contributed by atoms with van der Waals surface area (Å²) < 4.78 is 0. The van der Waals surface area contributed by atoms with Crippen molar-refractivity contribution >= 4 is 0 Å². The van der Waals surface area contributed by atoms with E-state index in [1.54, 1.807) is 0 Å². The van der Waals surface area contributed by atoms with Crippen molar-refractivity contribution < 1.29 is 5.11 Å². The first-order valence-electron chi connectivity index (χ1n) is 7.12. The lowest BCUT2D eigenvalue weighted by Crippen LogP contribution is -2.49. The molecule has 4 fully saturated rings. The summed E-state index contributed by atoms with van der Waals surface area (Å²) in [6, 6.07) is 0. The summed E-state index contributed by atoms with van der Waals surface area (Å²) in [6.45, 7) is 1.11. The van der Waals surface area contributed by atoms with Gasteiger partial charge in [0.15, 0.2) is 0 Å². The van der Waals surface area contributed by atoms with E-state index < -0.39 is 0 Å². The van der Waals surface area contributed by atoms with Gasteiger partial charge >= 0.3 is 0 Å². The maximum Gasteiger partial charge on any atom is 0.0434 e. The maximum atomic E-state index is 9.17. The summed E-state index contributed by atoms with van der Waals surface area (Å²) in [5.74, 6) is 5.45. The van der Waals surface area contributed by atoms with E-state index in [0.717, 1.165) is 42.6 Å². The van der Waals surface area contributed by atoms with Crippen molar-refractivity contribution in [3.05, 3.63) is 0 Å². The minimum atomic E-state index is 0.324. The third-order valence-electron chi connectivity index (χ3n) is 5.65. The highest BCUT2D eigenvalue weighted by molar-refractivity contribution is 5.00. The zero-order valence-electron chi connectivity index (χ0n) is 10.1. The predicted octanol–water partition coefficient (Wildman–Crippen LogP) is 2.02. The van der Waals surface area contributed by atoms with Crippen molar-refractivity contribution in [3.8, 4) is 0 Å². The largest absolute Gasteiger partial charge is 0.396 e. The summed E-state index contributed by atoms with van der Waals surface area (Å²) in [4.78, 5) is 0. The van der Waals surface area contributed by atoms with E-state index in [1.165, 1.54) is 32.1 Å². The van der Waals surface area contributed by atoms with Crippen LogP contribution in [0.25, 0.3) is 0 Å². The van der Waals surface area contributed by atoms with Crippen LogP contribution in [-0.2, 0) is 0 Å². The van der Waals surface area contributed by atoms with Crippen LogP contribution in [0.4, 0.5) is 0 Å². The van der Waals surface area contributed by atoms with Gasteiger partial charge in [0.2, 0.25) is 0 Å². The summed E-state index contributed by atoms with van der Waals surface area (Å²) in [5.41, 5.74) is 5.93. The van der Waals surface area contributed by atoms with Gasteiger partial charge in [0, 0.05) is 6.61 Å². The van der Waals surface area contributed by atoms with Crippen molar-refractivity contribution in [2.24, 2.45) is 41.2 Å². The van der Waals surface area contributed by atoms with Gasteiger partial charge in [-0.25, -0.2) is 0 Å². The minimum Gasteiger partial charge on any atom is -0.396 e. The zero-order valence-corrected chi connectivity index (χ0v) is 10.1. The van der Waals surface area contributed by atoms with Gasteiger partial charge in [-0.05, 0) is 80.6 Å². The molecular weight excluding hydrogens is 198 g/mol. The van der Waals surface area contributed by atoms with Gasteiger partial charge in [-0.1, -0.05) is 0 Å². The monoisotopic (exact) mass is 223 g/mol. The lowest BCUT2D eigenvalue weighted by molar-refractivity contribution is -0.0633. The normalized spacial score (nSPS) is 47.2. The van der Waals surface area contributed by atoms with Crippen molar-refractivity contribution in [2.45, 2.75) is 38.5 Å². The molecule has 0 aliphatic heterocycles. The Kier molecular flexibility index (Phi) is 2.97. The van der Waals surface area contributed by atoms with Crippen LogP contribution in [0.15, 0.2) is 0 Å². The van der Waals surface area contributed by atoms with E-state index in [1.807, 2.05) is 0 Å². The van der Waals surface area contributed by atoms with Gasteiger partial charge in [0.05, 0.1) is 0 Å². The molecule has 92 valence electrons. The van der Waals surface area contributed by atoms with Crippen LogP contribution in [-0.4, -0.2) is 18.3 Å². The fourth-order valence-corrected chi connectivity index (χ4v) is 5.37. The molecule has 0 spiro atoms. The first kappa shape index (κ1) is 11.0. The van der Waals surface area contributed by atoms with E-state index in [0.29, 0.717) is 12.5 Å². The second kappa shape index (κ2) is 4.30. The number of nitrogens with two attached hydrogens (primary N) is 1. The molecule has 4 aliphatic carbocycles. The first-order valence-corrected chi connectivity index (χ1v) is 7.12. The fraction of sp³-hybridized carbons (Fsp3) is 1.00. The Hall–Kier alpha value is -0.0800. The molecule has 2 heteroatoms. The van der Waals surface area contributed by atoms with Gasteiger partial charge in [-0.2, -0.15) is 0 Å². The molecule has 3 N–H and O–H groups in total. The molecule has 0 heterocycles. The molecule has 4 aliphatic rings. The molecule has 1 unspecified atom stereocenters. The maximum absolute atomic E-state index is 9.17. The van der Waals surface area contributed by atoms with Crippen LogP contribution < -0.4 is 5.73 Å². The van der Waals surface area contributed by atoms with Crippen LogP contribution in [0.1, 0.15) is 38.5 Å². The number of aliphatic hydroxyl groups is 1. The van der Waals surface area contributed by atoms with Crippen LogP contribution in [0.2, 0.25) is 0 Å². The Morgan fingerprint density at radius 3 is 2.00 bits per heavy atom. The smallest absolute Gasteiger partial charge is 0.0434 e. The topological polar surface area (TPSA) is 46.2 Å². The molecule has 0 aromatic carbocycles. The molecule has 16 heavy (non-hydrogen) atoms. The Balaban J connectivity index is 1.75. The summed E-state index contributed by atoms with van der Waals surface area (Å²) in [6.07, 6.45) is 8.34. The van der Waals surface area contributed by atoms with Gasteiger partial charge in [0.25, 0.3) is 0 Å². The summed E-state index contributed by atoms with van der Waals surface area (Å²) in [7, 11) is 0. The Labute approximate surface area is 98.6 Å². The van der Waals surface area contributed by atoms with Crippen LogP contribution in [0, 0.1) is 35.5 Å². The molecule has 0 aromatic rings. The average Bonchev–Trinajstić information content (AvgIpc) is 2.26. The van der Waals surface area contributed by atoms with Gasteiger partial charge in [0.1, 0.15) is 0 Å². The molecule has 4 rings (SSSR count). The molecular formula is C14H25NO. The van der Waals surface area contributed by atoms with Gasteiger partial charge in [-0.3, -0.25) is 0 Å². The van der Waals surface area contributed by atoms with E-state index in [2.05, 4.69) is 0 Å². The summed E-state index contributed by atoms with van der Waals surface area (Å²) in [5, 5.41) is 9.17. The quantitative estimate of drug-likeness (QED) is 0.766. The molecule has 0 radical (unpaired) electrons. The second-order valence-corrected chi connectivity index (χ2v) is 6.52. The highest BCUT2D eigenvalue weighted by Crippen LogP contribution is 2.58. The molecule has 4 saturated carbocycles. The van der Waals surface area contributed by atoms with Gasteiger partial charge < -0.3 is 10.8 Å². The Bertz CT molecular complexity index is 222. The van der Waals surface area contributed by atoms with Crippen molar-refractivity contribution in [1.29, 1.82) is 0 Å². The van der Waals surface area contributed by atoms with E-state index in [-0.39, 0.29) is 0 Å². The molecule has 0 aromatic heterocycles. The van der Waals surface area contributed by atoms with Crippen LogP contribution in [0.3, 0.4) is 0 Å². The molecule has 2 nitrogen and oxygen atoms in total. The third-order valence-corrected chi connectivity index (χ3v) is 5.65. The minimum absolute atomic E-state index is 0.324. The van der Waals surface area contributed by atoms with Crippen molar-refractivity contribution in [3.63, 3.8) is 0 Å². The Morgan fingerprint density at radius 1 is 1.00 bits per heavy atom. The van der Waals surface area contributed by atoms with Crippen LogP contribution in [0.5, 0.6) is 0 Å². The highest BCUT2D eigenvalue weighted by atomic mass is 16.3. The van der Waals surface area contributed by atoms with E-state index in [9.17, 15) is 0 Å². The molecule has 1 atom stereocenters. The standard InChI is InChI=1S/C14H25NO/c15-8-11(1-2-16)14-12-4-9-3-10(6-12)7-13(14)5-9/h9-14,16H,1-8,15H2. The predicted molar refractivity (Wildman–Crippen MR) is 64.8 cm³/mol. The van der Waals surface area contributed by atoms with E-state index in [4.69, 9.17) is 10.8 Å². The highest BCUT2D eigenvalue weighted by Gasteiger charge is 2.49. The number of aliphatic hydroxyl groups excluding tert-OH is 1. The SMILES string of the molecule is NCC(CCO)C1C2CC3CC(C2)CC1C3.